The van der Waals surface area contributed by atoms with E-state index in [1.54, 1.807) is 25.3 Å². The molecule has 0 heterocycles. The molecule has 0 saturated carbocycles. The lowest BCUT2D eigenvalue weighted by molar-refractivity contribution is -0.116. The zero-order chi connectivity index (χ0) is 14.5. The van der Waals surface area contributed by atoms with Gasteiger partial charge in [-0.3, -0.25) is 4.79 Å². The number of ether oxygens (including phenoxy) is 1. The maximum Gasteiger partial charge on any atom is 0.224 e. The first-order valence-corrected chi connectivity index (χ1v) is 6.43. The lowest BCUT2D eigenvalue weighted by Gasteiger charge is -2.17. The van der Waals surface area contributed by atoms with Crippen molar-refractivity contribution >= 4 is 11.6 Å². The third kappa shape index (κ3) is 5.30. The van der Waals surface area contributed by atoms with Gasteiger partial charge in [-0.15, -0.1) is 0 Å². The quantitative estimate of drug-likeness (QED) is 0.860. The Hall–Kier alpha value is -1.55. The summed E-state index contributed by atoms with van der Waals surface area (Å²) in [5, 5.41) is 12.1. The van der Waals surface area contributed by atoms with Gasteiger partial charge < -0.3 is 15.2 Å². The zero-order valence-electron chi connectivity index (χ0n) is 12.1. The molecule has 0 spiro atoms. The zero-order valence-corrected chi connectivity index (χ0v) is 12.1. The van der Waals surface area contributed by atoms with Crippen molar-refractivity contribution in [3.8, 4) is 5.75 Å². The second-order valence-electron chi connectivity index (χ2n) is 5.79. The van der Waals surface area contributed by atoms with Crippen LogP contribution in [0.3, 0.4) is 0 Å². The maximum absolute atomic E-state index is 11.8. The van der Waals surface area contributed by atoms with Crippen LogP contribution in [0.25, 0.3) is 0 Å². The molecule has 106 valence electrons. The van der Waals surface area contributed by atoms with E-state index >= 15 is 0 Å². The third-order valence-corrected chi connectivity index (χ3v) is 2.84. The van der Waals surface area contributed by atoms with Gasteiger partial charge >= 0.3 is 0 Å². The fourth-order valence-corrected chi connectivity index (χ4v) is 1.69. The summed E-state index contributed by atoms with van der Waals surface area (Å²) in [6.45, 7) is 6.21. The van der Waals surface area contributed by atoms with Gasteiger partial charge in [0.25, 0.3) is 0 Å². The predicted octanol–water partition coefficient (Wildman–Crippen LogP) is 2.95. The Balaban J connectivity index is 2.64. The fourth-order valence-electron chi connectivity index (χ4n) is 1.69. The number of carbonyl (C=O) groups excluding carboxylic acids is 1. The van der Waals surface area contributed by atoms with Crippen LogP contribution in [-0.4, -0.2) is 18.1 Å². The van der Waals surface area contributed by atoms with Crippen LogP contribution in [0.1, 0.15) is 39.2 Å². The average Bonchev–Trinajstić information content (AvgIpc) is 2.35. The molecule has 1 rings (SSSR count). The fraction of sp³-hybridized carbons (Fsp3) is 0.533. The standard InChI is InChI=1S/C15H23NO3/c1-15(2,3)8-7-14(18)16-12-5-6-13(19-4)11(9-12)10-17/h5-6,9,17H,7-8,10H2,1-4H3,(H,16,18). The van der Waals surface area contributed by atoms with Crippen molar-refractivity contribution in [3.63, 3.8) is 0 Å². The number of hydrogen-bond donors (Lipinski definition) is 2. The molecule has 0 radical (unpaired) electrons. The number of nitrogens with one attached hydrogen (secondary N) is 1. The van der Waals surface area contributed by atoms with E-state index in [-0.39, 0.29) is 17.9 Å². The van der Waals surface area contributed by atoms with E-state index in [0.717, 1.165) is 6.42 Å². The van der Waals surface area contributed by atoms with Crippen LogP contribution in [0.5, 0.6) is 5.75 Å². The first kappa shape index (κ1) is 15.5. The number of hydrogen-bond acceptors (Lipinski definition) is 3. The van der Waals surface area contributed by atoms with Gasteiger partial charge in [-0.1, -0.05) is 20.8 Å². The maximum atomic E-state index is 11.8. The highest BCUT2D eigenvalue weighted by Crippen LogP contribution is 2.24. The molecule has 0 bridgehead atoms. The summed E-state index contributed by atoms with van der Waals surface area (Å²) in [4.78, 5) is 11.8. The number of amides is 1. The van der Waals surface area contributed by atoms with Gasteiger partial charge in [0.05, 0.1) is 13.7 Å². The van der Waals surface area contributed by atoms with Crippen molar-refractivity contribution in [2.75, 3.05) is 12.4 Å². The molecule has 0 atom stereocenters. The second kappa shape index (κ2) is 6.57. The van der Waals surface area contributed by atoms with Crippen LogP contribution in [0.4, 0.5) is 5.69 Å². The van der Waals surface area contributed by atoms with Crippen molar-refractivity contribution in [1.29, 1.82) is 0 Å². The second-order valence-corrected chi connectivity index (χ2v) is 5.79. The smallest absolute Gasteiger partial charge is 0.224 e. The molecule has 1 aromatic rings. The molecule has 4 nitrogen and oxygen atoms in total. The third-order valence-electron chi connectivity index (χ3n) is 2.84. The normalized spacial score (nSPS) is 11.2. The Labute approximate surface area is 114 Å². The van der Waals surface area contributed by atoms with E-state index in [1.807, 2.05) is 0 Å². The number of methoxy groups -OCH3 is 1. The number of benzene rings is 1. The Morgan fingerprint density at radius 3 is 2.58 bits per heavy atom. The van der Waals surface area contributed by atoms with E-state index in [4.69, 9.17) is 4.74 Å². The summed E-state index contributed by atoms with van der Waals surface area (Å²) in [6, 6.07) is 5.24. The number of aliphatic hydroxyl groups is 1. The van der Waals surface area contributed by atoms with E-state index in [9.17, 15) is 9.90 Å². The highest BCUT2D eigenvalue weighted by molar-refractivity contribution is 5.90. The number of rotatable bonds is 5. The molecule has 0 fully saturated rings. The van der Waals surface area contributed by atoms with E-state index in [2.05, 4.69) is 26.1 Å². The van der Waals surface area contributed by atoms with Crippen molar-refractivity contribution in [1.82, 2.24) is 0 Å². The summed E-state index contributed by atoms with van der Waals surface area (Å²) < 4.78 is 5.12. The highest BCUT2D eigenvalue weighted by Gasteiger charge is 2.13. The van der Waals surface area contributed by atoms with Crippen LogP contribution in [0, 0.1) is 5.41 Å². The van der Waals surface area contributed by atoms with Gasteiger partial charge in [0, 0.05) is 17.7 Å². The molecule has 0 aliphatic rings. The predicted molar refractivity (Wildman–Crippen MR) is 76.2 cm³/mol. The average molecular weight is 265 g/mol. The minimum absolute atomic E-state index is 0.0102. The molecule has 0 unspecified atom stereocenters. The largest absolute Gasteiger partial charge is 0.496 e. The van der Waals surface area contributed by atoms with Crippen LogP contribution in [-0.2, 0) is 11.4 Å². The Morgan fingerprint density at radius 2 is 2.05 bits per heavy atom. The molecule has 4 heteroatoms. The van der Waals surface area contributed by atoms with E-state index in [0.29, 0.717) is 23.4 Å². The van der Waals surface area contributed by atoms with Gasteiger partial charge in [-0.25, -0.2) is 0 Å². The molecule has 0 aliphatic carbocycles. The van der Waals surface area contributed by atoms with Crippen molar-refractivity contribution in [2.45, 2.75) is 40.2 Å². The van der Waals surface area contributed by atoms with Gasteiger partial charge in [0.2, 0.25) is 5.91 Å². The van der Waals surface area contributed by atoms with Crippen LogP contribution < -0.4 is 10.1 Å². The van der Waals surface area contributed by atoms with Crippen molar-refractivity contribution in [3.05, 3.63) is 23.8 Å². The number of aliphatic hydroxyl groups excluding tert-OH is 1. The van der Waals surface area contributed by atoms with Crippen LogP contribution in [0.15, 0.2) is 18.2 Å². The molecular weight excluding hydrogens is 242 g/mol. The first-order valence-electron chi connectivity index (χ1n) is 6.43. The Bertz CT molecular complexity index is 436. The summed E-state index contributed by atoms with van der Waals surface area (Å²) in [5.74, 6) is 0.610. The molecule has 0 aromatic heterocycles. The van der Waals surface area contributed by atoms with E-state index in [1.165, 1.54) is 0 Å². The number of anilines is 1. The van der Waals surface area contributed by atoms with Crippen LogP contribution in [0.2, 0.25) is 0 Å². The minimum atomic E-state index is -0.116. The number of carbonyl (C=O) groups is 1. The van der Waals surface area contributed by atoms with Gasteiger partial charge in [0.15, 0.2) is 0 Å². The van der Waals surface area contributed by atoms with Gasteiger partial charge in [-0.2, -0.15) is 0 Å². The Kier molecular flexibility index (Phi) is 5.36. The Morgan fingerprint density at radius 1 is 1.37 bits per heavy atom. The monoisotopic (exact) mass is 265 g/mol. The summed E-state index contributed by atoms with van der Waals surface area (Å²) in [6.07, 6.45) is 1.33. The summed E-state index contributed by atoms with van der Waals surface area (Å²) >= 11 is 0. The lowest BCUT2D eigenvalue weighted by atomic mass is 9.90. The van der Waals surface area contributed by atoms with Gasteiger partial charge in [0.1, 0.15) is 5.75 Å². The van der Waals surface area contributed by atoms with E-state index < -0.39 is 0 Å². The van der Waals surface area contributed by atoms with Crippen LogP contribution >= 0.6 is 0 Å². The molecule has 0 aliphatic heterocycles. The topological polar surface area (TPSA) is 58.6 Å². The van der Waals surface area contributed by atoms with Crippen molar-refractivity contribution in [2.24, 2.45) is 5.41 Å². The first-order chi connectivity index (χ1) is 8.85. The van der Waals surface area contributed by atoms with Crippen molar-refractivity contribution < 1.29 is 14.6 Å². The molecule has 19 heavy (non-hydrogen) atoms. The molecule has 1 aromatic carbocycles. The molecular formula is C15H23NO3. The molecule has 2 N–H and O–H groups in total. The molecule has 0 saturated heterocycles. The minimum Gasteiger partial charge on any atom is -0.496 e. The van der Waals surface area contributed by atoms with Gasteiger partial charge in [-0.05, 0) is 30.0 Å². The SMILES string of the molecule is COc1ccc(NC(=O)CCC(C)(C)C)cc1CO. The lowest BCUT2D eigenvalue weighted by Crippen LogP contribution is -2.15. The highest BCUT2D eigenvalue weighted by atomic mass is 16.5. The molecule has 1 amide bonds. The summed E-state index contributed by atoms with van der Waals surface area (Å²) in [7, 11) is 1.55. The summed E-state index contributed by atoms with van der Waals surface area (Å²) in [5.41, 5.74) is 1.49.